The number of carbonyl (C=O) groups excluding carboxylic acids is 2. The van der Waals surface area contributed by atoms with Gasteiger partial charge in [-0.05, 0) is 65.6 Å². The minimum atomic E-state index is -1.04. The van der Waals surface area contributed by atoms with Crippen molar-refractivity contribution in [1.29, 1.82) is 0 Å². The van der Waals surface area contributed by atoms with Crippen molar-refractivity contribution in [3.8, 4) is 0 Å². The van der Waals surface area contributed by atoms with Gasteiger partial charge in [0.15, 0.2) is 0 Å². The van der Waals surface area contributed by atoms with Gasteiger partial charge in [-0.15, -0.1) is 0 Å². The largest absolute Gasteiger partial charge is 0.348 e. The highest BCUT2D eigenvalue weighted by Crippen LogP contribution is 2.56. The van der Waals surface area contributed by atoms with E-state index in [1.807, 2.05) is 13.0 Å². The molecule has 1 spiro atoms. The highest BCUT2D eigenvalue weighted by Gasteiger charge is 2.61. The summed E-state index contributed by atoms with van der Waals surface area (Å²) in [6.07, 6.45) is 0.901. The SMILES string of the molecule is Cc1ccc(F)cc1[C@H]1NC(=O)C[C@@H](CC(C)(C)C)[C@]12C(=O)Nc1cc(Cl)ccc12. The van der Waals surface area contributed by atoms with Crippen molar-refractivity contribution in [3.63, 3.8) is 0 Å². The molecule has 1 fully saturated rings. The fourth-order valence-electron chi connectivity index (χ4n) is 5.19. The maximum Gasteiger partial charge on any atom is 0.237 e. The molecule has 2 aromatic carbocycles. The predicted molar refractivity (Wildman–Crippen MR) is 116 cm³/mol. The number of piperidine rings is 1. The van der Waals surface area contributed by atoms with E-state index in [1.54, 1.807) is 18.2 Å². The van der Waals surface area contributed by atoms with Crippen molar-refractivity contribution in [2.45, 2.75) is 52.0 Å². The third-order valence-corrected chi connectivity index (χ3v) is 6.53. The lowest BCUT2D eigenvalue weighted by Crippen LogP contribution is -2.58. The summed E-state index contributed by atoms with van der Waals surface area (Å²) in [5.41, 5.74) is 1.76. The molecule has 0 aliphatic carbocycles. The minimum absolute atomic E-state index is 0.105. The quantitative estimate of drug-likeness (QED) is 0.682. The molecule has 4 rings (SSSR count). The van der Waals surface area contributed by atoms with Crippen molar-refractivity contribution in [1.82, 2.24) is 5.32 Å². The van der Waals surface area contributed by atoms with E-state index in [9.17, 15) is 14.0 Å². The number of nitrogens with one attached hydrogen (secondary N) is 2. The predicted octanol–water partition coefficient (Wildman–Crippen LogP) is 5.29. The summed E-state index contributed by atoms with van der Waals surface area (Å²) in [6, 6.07) is 9.21. The van der Waals surface area contributed by atoms with Gasteiger partial charge in [-0.1, -0.05) is 44.5 Å². The van der Waals surface area contributed by atoms with E-state index >= 15 is 0 Å². The zero-order chi connectivity index (χ0) is 21.8. The van der Waals surface area contributed by atoms with Gasteiger partial charge < -0.3 is 10.6 Å². The van der Waals surface area contributed by atoms with Crippen LogP contribution < -0.4 is 10.6 Å². The third-order valence-electron chi connectivity index (χ3n) is 6.30. The highest BCUT2D eigenvalue weighted by molar-refractivity contribution is 6.31. The molecule has 1 saturated heterocycles. The van der Waals surface area contributed by atoms with E-state index in [2.05, 4.69) is 31.4 Å². The summed E-state index contributed by atoms with van der Waals surface area (Å²) in [6.45, 7) is 8.18. The number of anilines is 1. The Morgan fingerprint density at radius 3 is 2.60 bits per heavy atom. The number of hydrogen-bond acceptors (Lipinski definition) is 2. The summed E-state index contributed by atoms with van der Waals surface area (Å²) < 4.78 is 14.3. The summed E-state index contributed by atoms with van der Waals surface area (Å²) >= 11 is 6.19. The van der Waals surface area contributed by atoms with E-state index in [4.69, 9.17) is 11.6 Å². The molecular weight excluding hydrogens is 403 g/mol. The van der Waals surface area contributed by atoms with Crippen LogP contribution in [0.3, 0.4) is 0 Å². The number of carbonyl (C=O) groups is 2. The molecule has 0 unspecified atom stereocenters. The molecule has 2 amide bonds. The molecule has 4 nitrogen and oxygen atoms in total. The van der Waals surface area contributed by atoms with Crippen molar-refractivity contribution < 1.29 is 14.0 Å². The number of rotatable bonds is 2. The smallest absolute Gasteiger partial charge is 0.237 e. The molecule has 0 bridgehead atoms. The van der Waals surface area contributed by atoms with Crippen LogP contribution in [0.2, 0.25) is 5.02 Å². The van der Waals surface area contributed by atoms with Gasteiger partial charge in [-0.3, -0.25) is 9.59 Å². The van der Waals surface area contributed by atoms with Gasteiger partial charge in [0, 0.05) is 17.1 Å². The molecule has 6 heteroatoms. The Morgan fingerprint density at radius 1 is 1.17 bits per heavy atom. The lowest BCUT2D eigenvalue weighted by molar-refractivity contribution is -0.134. The molecule has 0 saturated carbocycles. The lowest BCUT2D eigenvalue weighted by Gasteiger charge is -2.48. The fourth-order valence-corrected chi connectivity index (χ4v) is 5.36. The van der Waals surface area contributed by atoms with Gasteiger partial charge in [0.25, 0.3) is 0 Å². The Bertz CT molecular complexity index is 1050. The number of aryl methyl sites for hydroxylation is 1. The van der Waals surface area contributed by atoms with E-state index < -0.39 is 17.3 Å². The van der Waals surface area contributed by atoms with Crippen molar-refractivity contribution in [2.24, 2.45) is 11.3 Å². The Balaban J connectivity index is 2.00. The second-order valence-electron chi connectivity index (χ2n) is 9.68. The first kappa shape index (κ1) is 20.9. The maximum atomic E-state index is 14.3. The van der Waals surface area contributed by atoms with Crippen molar-refractivity contribution >= 4 is 29.1 Å². The Kier molecular flexibility index (Phi) is 4.93. The van der Waals surface area contributed by atoms with E-state index in [0.29, 0.717) is 22.7 Å². The molecular formula is C24H26ClFN2O2. The second kappa shape index (κ2) is 7.09. The van der Waals surface area contributed by atoms with Crippen LogP contribution in [0.1, 0.15) is 56.3 Å². The third kappa shape index (κ3) is 3.29. The van der Waals surface area contributed by atoms with E-state index in [0.717, 1.165) is 11.1 Å². The lowest BCUT2D eigenvalue weighted by atomic mass is 9.58. The van der Waals surface area contributed by atoms with Crippen molar-refractivity contribution in [3.05, 3.63) is 63.9 Å². The maximum absolute atomic E-state index is 14.3. The fraction of sp³-hybridized carbons (Fsp3) is 0.417. The normalized spacial score (nSPS) is 25.8. The molecule has 2 heterocycles. The van der Waals surface area contributed by atoms with Crippen LogP contribution >= 0.6 is 11.6 Å². The van der Waals surface area contributed by atoms with Gasteiger partial charge >= 0.3 is 0 Å². The summed E-state index contributed by atoms with van der Waals surface area (Å²) in [4.78, 5) is 26.5. The van der Waals surface area contributed by atoms with Gasteiger partial charge in [-0.2, -0.15) is 0 Å². The molecule has 30 heavy (non-hydrogen) atoms. The number of benzene rings is 2. The Hall–Kier alpha value is -2.40. The zero-order valence-corrected chi connectivity index (χ0v) is 18.4. The van der Waals surface area contributed by atoms with E-state index in [1.165, 1.54) is 12.1 Å². The first-order valence-electron chi connectivity index (χ1n) is 10.2. The van der Waals surface area contributed by atoms with Gasteiger partial charge in [0.2, 0.25) is 11.8 Å². The molecule has 2 N–H and O–H groups in total. The van der Waals surface area contributed by atoms with Crippen LogP contribution in [-0.4, -0.2) is 11.8 Å². The number of halogens is 2. The molecule has 0 radical (unpaired) electrons. The van der Waals surface area contributed by atoms with Crippen LogP contribution in [0, 0.1) is 24.1 Å². The van der Waals surface area contributed by atoms with Gasteiger partial charge in [-0.25, -0.2) is 4.39 Å². The number of hydrogen-bond donors (Lipinski definition) is 2. The monoisotopic (exact) mass is 428 g/mol. The molecule has 2 aromatic rings. The Morgan fingerprint density at radius 2 is 1.90 bits per heavy atom. The number of fused-ring (bicyclic) bond motifs is 2. The van der Waals surface area contributed by atoms with Gasteiger partial charge in [0.05, 0.1) is 6.04 Å². The van der Waals surface area contributed by atoms with Crippen LogP contribution in [0.5, 0.6) is 0 Å². The molecule has 2 aliphatic rings. The summed E-state index contributed by atoms with van der Waals surface area (Å²) in [5.74, 6) is -0.949. The average Bonchev–Trinajstić information content (AvgIpc) is 2.91. The summed E-state index contributed by atoms with van der Waals surface area (Å²) in [7, 11) is 0. The number of amides is 2. The minimum Gasteiger partial charge on any atom is -0.348 e. The first-order valence-corrected chi connectivity index (χ1v) is 10.6. The van der Waals surface area contributed by atoms with Crippen LogP contribution in [0.25, 0.3) is 0 Å². The summed E-state index contributed by atoms with van der Waals surface area (Å²) in [5, 5.41) is 6.56. The molecule has 3 atom stereocenters. The van der Waals surface area contributed by atoms with Gasteiger partial charge in [0.1, 0.15) is 11.2 Å². The molecule has 0 aromatic heterocycles. The molecule has 2 aliphatic heterocycles. The first-order chi connectivity index (χ1) is 14.0. The van der Waals surface area contributed by atoms with Crippen LogP contribution in [-0.2, 0) is 15.0 Å². The molecule has 158 valence electrons. The topological polar surface area (TPSA) is 58.2 Å². The Labute approximate surface area is 181 Å². The van der Waals surface area contributed by atoms with Crippen LogP contribution in [0.4, 0.5) is 10.1 Å². The van der Waals surface area contributed by atoms with E-state index in [-0.39, 0.29) is 29.6 Å². The van der Waals surface area contributed by atoms with Crippen molar-refractivity contribution in [2.75, 3.05) is 5.32 Å². The van der Waals surface area contributed by atoms with Crippen LogP contribution in [0.15, 0.2) is 36.4 Å². The zero-order valence-electron chi connectivity index (χ0n) is 17.6. The standard InChI is InChI=1S/C24H26ClFN2O2/c1-13-5-7-16(26)11-17(13)21-24(14(9-20(29)28-21)12-23(2,3)4)18-8-6-15(25)10-19(18)27-22(24)30/h5-8,10-11,14,21H,9,12H2,1-4H3,(H,27,30)(H,28,29)/t14-,21+,24+/m0/s1. The average molecular weight is 429 g/mol. The second-order valence-corrected chi connectivity index (χ2v) is 10.1. The highest BCUT2D eigenvalue weighted by atomic mass is 35.5.